The fourth-order valence-corrected chi connectivity index (χ4v) is 1.89. The normalized spacial score (nSPS) is 17.8. The number of carbonyl (C=O) groups excluding carboxylic acids is 1. The van der Waals surface area contributed by atoms with Gasteiger partial charge in [-0.3, -0.25) is 4.79 Å². The zero-order valence-corrected chi connectivity index (χ0v) is 7.88. The fraction of sp³-hybridized carbons (Fsp3) is 0.444. The van der Waals surface area contributed by atoms with Gasteiger partial charge in [0.2, 0.25) is 0 Å². The molecule has 3 nitrogen and oxygen atoms in total. The lowest BCUT2D eigenvalue weighted by Gasteiger charge is -2.05. The van der Waals surface area contributed by atoms with E-state index in [4.69, 9.17) is 9.47 Å². The third-order valence-corrected chi connectivity index (χ3v) is 2.75. The molecule has 1 aliphatic rings. The molecule has 1 saturated heterocycles. The zero-order valence-electron chi connectivity index (χ0n) is 7.06. The lowest BCUT2D eigenvalue weighted by atomic mass is 10.2. The minimum Gasteiger partial charge on any atom is -0.350 e. The summed E-state index contributed by atoms with van der Waals surface area (Å²) in [4.78, 5) is 12.3. The predicted octanol–water partition coefficient (Wildman–Crippen LogP) is 1.69. The Morgan fingerprint density at radius 3 is 2.92 bits per heavy atom. The molecule has 0 aliphatic carbocycles. The molecule has 0 atom stereocenters. The van der Waals surface area contributed by atoms with Crippen molar-refractivity contribution in [3.05, 3.63) is 22.4 Å². The van der Waals surface area contributed by atoms with Crippen molar-refractivity contribution in [3.8, 4) is 0 Å². The number of Topliss-reactive ketones (excluding diaryl/α,β-unsaturated/α-hetero) is 1. The molecule has 0 aromatic carbocycles. The molecular weight excluding hydrogens is 188 g/mol. The van der Waals surface area contributed by atoms with E-state index < -0.39 is 0 Å². The molecular formula is C9H10O3S. The van der Waals surface area contributed by atoms with Crippen molar-refractivity contribution in [1.82, 2.24) is 0 Å². The predicted molar refractivity (Wildman–Crippen MR) is 49.0 cm³/mol. The summed E-state index contributed by atoms with van der Waals surface area (Å²) >= 11 is 1.45. The Hall–Kier alpha value is -0.710. The van der Waals surface area contributed by atoms with Gasteiger partial charge in [0.1, 0.15) is 0 Å². The molecule has 0 unspecified atom stereocenters. The van der Waals surface area contributed by atoms with Crippen LogP contribution < -0.4 is 0 Å². The highest BCUT2D eigenvalue weighted by Crippen LogP contribution is 2.15. The van der Waals surface area contributed by atoms with Crippen LogP contribution in [0.3, 0.4) is 0 Å². The Balaban J connectivity index is 1.91. The van der Waals surface area contributed by atoms with Gasteiger partial charge in [-0.1, -0.05) is 6.07 Å². The van der Waals surface area contributed by atoms with E-state index in [9.17, 15) is 4.79 Å². The van der Waals surface area contributed by atoms with Crippen molar-refractivity contribution in [2.24, 2.45) is 0 Å². The number of ketones is 1. The highest BCUT2D eigenvalue weighted by molar-refractivity contribution is 7.12. The maximum absolute atomic E-state index is 11.5. The first-order valence-electron chi connectivity index (χ1n) is 4.16. The highest BCUT2D eigenvalue weighted by atomic mass is 32.1. The highest BCUT2D eigenvalue weighted by Gasteiger charge is 2.20. The maximum Gasteiger partial charge on any atom is 0.177 e. The summed E-state index contributed by atoms with van der Waals surface area (Å²) in [5, 5.41) is 1.89. The van der Waals surface area contributed by atoms with Crippen LogP contribution in [0.1, 0.15) is 16.1 Å². The van der Waals surface area contributed by atoms with E-state index in [2.05, 4.69) is 0 Å². The van der Waals surface area contributed by atoms with E-state index in [-0.39, 0.29) is 12.1 Å². The van der Waals surface area contributed by atoms with Gasteiger partial charge in [0, 0.05) is 0 Å². The van der Waals surface area contributed by atoms with Gasteiger partial charge >= 0.3 is 0 Å². The van der Waals surface area contributed by atoms with Gasteiger partial charge in [-0.2, -0.15) is 0 Å². The summed E-state index contributed by atoms with van der Waals surface area (Å²) in [6, 6.07) is 3.69. The van der Waals surface area contributed by atoms with Crippen molar-refractivity contribution in [2.45, 2.75) is 12.7 Å². The molecule has 1 fully saturated rings. The standard InChI is InChI=1S/C9H10O3S/c10-7(8-2-1-5-13-8)6-9-11-3-4-12-9/h1-2,5,9H,3-4,6H2. The summed E-state index contributed by atoms with van der Waals surface area (Å²) < 4.78 is 10.4. The van der Waals surface area contributed by atoms with Crippen LogP contribution >= 0.6 is 11.3 Å². The van der Waals surface area contributed by atoms with Gasteiger partial charge in [0.25, 0.3) is 0 Å². The third-order valence-electron chi connectivity index (χ3n) is 1.84. The first-order chi connectivity index (χ1) is 6.36. The Bertz CT molecular complexity index is 275. The van der Waals surface area contributed by atoms with Crippen molar-refractivity contribution in [2.75, 3.05) is 13.2 Å². The first kappa shape index (κ1) is 8.87. The second kappa shape index (κ2) is 4.00. The van der Waals surface area contributed by atoms with Crippen LogP contribution in [0, 0.1) is 0 Å². The number of carbonyl (C=O) groups is 1. The van der Waals surface area contributed by atoms with Crippen molar-refractivity contribution >= 4 is 17.1 Å². The second-order valence-electron chi connectivity index (χ2n) is 2.78. The summed E-state index contributed by atoms with van der Waals surface area (Å²) in [6.07, 6.45) is 0.00940. The van der Waals surface area contributed by atoms with Crippen LogP contribution in [-0.2, 0) is 9.47 Å². The molecule has 13 heavy (non-hydrogen) atoms. The number of rotatable bonds is 3. The van der Waals surface area contributed by atoms with E-state index >= 15 is 0 Å². The maximum atomic E-state index is 11.5. The zero-order chi connectivity index (χ0) is 9.10. The van der Waals surface area contributed by atoms with Gasteiger partial charge in [-0.15, -0.1) is 11.3 Å². The molecule has 0 N–H and O–H groups in total. The summed E-state index contributed by atoms with van der Waals surface area (Å²) in [5.74, 6) is 0.0990. The van der Waals surface area contributed by atoms with Gasteiger partial charge in [0.05, 0.1) is 24.5 Å². The molecule has 0 amide bonds. The van der Waals surface area contributed by atoms with Gasteiger partial charge in [-0.25, -0.2) is 0 Å². The van der Waals surface area contributed by atoms with E-state index in [1.807, 2.05) is 17.5 Å². The molecule has 1 aromatic rings. The molecule has 0 spiro atoms. The molecule has 0 radical (unpaired) electrons. The summed E-state index contributed by atoms with van der Waals surface area (Å²) in [5.41, 5.74) is 0. The largest absolute Gasteiger partial charge is 0.350 e. The van der Waals surface area contributed by atoms with Crippen LogP contribution in [0.5, 0.6) is 0 Å². The number of ether oxygens (including phenoxy) is 2. The van der Waals surface area contributed by atoms with Crippen LogP contribution in [-0.4, -0.2) is 25.3 Å². The molecule has 1 aliphatic heterocycles. The van der Waals surface area contributed by atoms with Crippen LogP contribution in [0.2, 0.25) is 0 Å². The Labute approximate surface area is 80.3 Å². The molecule has 70 valence electrons. The molecule has 0 saturated carbocycles. The molecule has 2 rings (SSSR count). The number of hydrogen-bond donors (Lipinski definition) is 0. The van der Waals surface area contributed by atoms with Gasteiger partial charge in [-0.05, 0) is 11.4 Å². The van der Waals surface area contributed by atoms with Crippen LogP contribution in [0.25, 0.3) is 0 Å². The minimum atomic E-state index is -0.324. The lowest BCUT2D eigenvalue weighted by molar-refractivity contribution is -0.0406. The topological polar surface area (TPSA) is 35.5 Å². The van der Waals surface area contributed by atoms with Gasteiger partial charge in [0.15, 0.2) is 12.1 Å². The third kappa shape index (κ3) is 2.15. The van der Waals surface area contributed by atoms with E-state index in [0.717, 1.165) is 4.88 Å². The van der Waals surface area contributed by atoms with E-state index in [0.29, 0.717) is 19.6 Å². The first-order valence-corrected chi connectivity index (χ1v) is 5.04. The van der Waals surface area contributed by atoms with Crippen LogP contribution in [0.4, 0.5) is 0 Å². The fourth-order valence-electron chi connectivity index (χ4n) is 1.21. The average molecular weight is 198 g/mol. The van der Waals surface area contributed by atoms with E-state index in [1.54, 1.807) is 0 Å². The smallest absolute Gasteiger partial charge is 0.177 e. The molecule has 0 bridgehead atoms. The minimum absolute atomic E-state index is 0.0990. The van der Waals surface area contributed by atoms with Crippen molar-refractivity contribution in [3.63, 3.8) is 0 Å². The number of thiophene rings is 1. The van der Waals surface area contributed by atoms with E-state index in [1.165, 1.54) is 11.3 Å². The Morgan fingerprint density at radius 1 is 1.54 bits per heavy atom. The Morgan fingerprint density at radius 2 is 2.31 bits per heavy atom. The molecule has 1 aromatic heterocycles. The van der Waals surface area contributed by atoms with Crippen molar-refractivity contribution in [1.29, 1.82) is 0 Å². The van der Waals surface area contributed by atoms with Crippen LogP contribution in [0.15, 0.2) is 17.5 Å². The summed E-state index contributed by atoms with van der Waals surface area (Å²) in [7, 11) is 0. The Kier molecular flexibility index (Phi) is 2.73. The average Bonchev–Trinajstić information content (AvgIpc) is 2.74. The second-order valence-corrected chi connectivity index (χ2v) is 3.72. The van der Waals surface area contributed by atoms with Gasteiger partial charge < -0.3 is 9.47 Å². The number of hydrogen-bond acceptors (Lipinski definition) is 4. The molecule has 4 heteroatoms. The van der Waals surface area contributed by atoms with Crippen molar-refractivity contribution < 1.29 is 14.3 Å². The quantitative estimate of drug-likeness (QED) is 0.693. The SMILES string of the molecule is O=C(CC1OCCO1)c1cccs1. The summed E-state index contributed by atoms with van der Waals surface area (Å²) in [6.45, 7) is 1.20. The monoisotopic (exact) mass is 198 g/mol. The molecule has 2 heterocycles. The lowest BCUT2D eigenvalue weighted by Crippen LogP contribution is -2.13.